The van der Waals surface area contributed by atoms with Crippen LogP contribution >= 0.6 is 23.2 Å². The summed E-state index contributed by atoms with van der Waals surface area (Å²) >= 11 is 13.3. The largest absolute Gasteiger partial charge is 0.495 e. The number of nitrogens with zero attached hydrogens (tertiary/aromatic N) is 4. The minimum atomic E-state index is -2.73. The van der Waals surface area contributed by atoms with Gasteiger partial charge in [-0.25, -0.2) is 13.8 Å². The summed E-state index contributed by atoms with van der Waals surface area (Å²) in [6, 6.07) is 2.81. The van der Waals surface area contributed by atoms with Crippen molar-refractivity contribution in [2.24, 2.45) is 0 Å². The quantitative estimate of drug-likeness (QED) is 0.371. The smallest absolute Gasteiger partial charge is 0.250 e. The number of alkyl halides is 2. The van der Waals surface area contributed by atoms with Gasteiger partial charge in [-0.15, -0.1) is 0 Å². The third-order valence-electron chi connectivity index (χ3n) is 6.33. The highest BCUT2D eigenvalue weighted by Crippen LogP contribution is 2.46. The van der Waals surface area contributed by atoms with E-state index < -0.39 is 12.0 Å². The van der Waals surface area contributed by atoms with Crippen molar-refractivity contribution < 1.29 is 23.0 Å². The normalized spacial score (nSPS) is 21.1. The van der Waals surface area contributed by atoms with Gasteiger partial charge in [0.05, 0.1) is 36.6 Å². The molecule has 0 spiro atoms. The molecule has 3 aromatic rings. The first-order valence-corrected chi connectivity index (χ1v) is 12.2. The Bertz CT molecular complexity index is 1260. The molecule has 5 rings (SSSR count). The van der Waals surface area contributed by atoms with Crippen LogP contribution in [0.2, 0.25) is 10.0 Å². The van der Waals surface area contributed by atoms with Gasteiger partial charge in [0.2, 0.25) is 5.92 Å². The minimum absolute atomic E-state index is 0.0264. The number of hydrogen-bond acceptors (Lipinski definition) is 7. The van der Waals surface area contributed by atoms with Gasteiger partial charge in [0.15, 0.2) is 0 Å². The molecule has 0 radical (unpaired) electrons. The fraction of sp³-hybridized carbons (Fsp3) is 0.458. The van der Waals surface area contributed by atoms with Gasteiger partial charge >= 0.3 is 0 Å². The van der Waals surface area contributed by atoms with E-state index in [1.807, 2.05) is 0 Å². The van der Waals surface area contributed by atoms with Crippen LogP contribution in [0.3, 0.4) is 0 Å². The lowest BCUT2D eigenvalue weighted by Gasteiger charge is -2.22. The Balaban J connectivity index is 1.63. The molecule has 2 aliphatic rings. The van der Waals surface area contributed by atoms with Crippen LogP contribution in [0.1, 0.15) is 25.7 Å². The van der Waals surface area contributed by atoms with Gasteiger partial charge in [-0.1, -0.05) is 23.2 Å². The fourth-order valence-electron chi connectivity index (χ4n) is 4.49. The van der Waals surface area contributed by atoms with E-state index in [0.717, 1.165) is 6.42 Å². The van der Waals surface area contributed by atoms with E-state index in [1.165, 1.54) is 14.2 Å². The molecule has 1 aromatic carbocycles. The summed E-state index contributed by atoms with van der Waals surface area (Å²) in [4.78, 5) is 13.7. The summed E-state index contributed by atoms with van der Waals surface area (Å²) < 4.78 is 44.0. The lowest BCUT2D eigenvalue weighted by molar-refractivity contribution is 0.00852. The van der Waals surface area contributed by atoms with Crippen molar-refractivity contribution in [2.45, 2.75) is 43.7 Å². The van der Waals surface area contributed by atoms with Crippen molar-refractivity contribution in [3.05, 3.63) is 33.7 Å². The van der Waals surface area contributed by atoms with Crippen LogP contribution in [0.25, 0.3) is 27.5 Å². The molecule has 2 atom stereocenters. The van der Waals surface area contributed by atoms with E-state index in [0.29, 0.717) is 59.1 Å². The summed E-state index contributed by atoms with van der Waals surface area (Å²) in [6.07, 6.45) is 2.23. The van der Waals surface area contributed by atoms with Crippen LogP contribution in [-0.2, 0) is 4.74 Å². The van der Waals surface area contributed by atoms with Crippen molar-refractivity contribution >= 4 is 45.9 Å². The van der Waals surface area contributed by atoms with Gasteiger partial charge in [-0.2, -0.15) is 0 Å². The minimum Gasteiger partial charge on any atom is -0.495 e. The maximum absolute atomic E-state index is 13.9. The Morgan fingerprint density at radius 3 is 2.47 bits per heavy atom. The average molecular weight is 539 g/mol. The molecule has 2 unspecified atom stereocenters. The number of ether oxygens (including phenoxy) is 3. The number of halogens is 4. The topological polar surface area (TPSA) is 92.5 Å². The summed E-state index contributed by atoms with van der Waals surface area (Å²) in [7, 11) is 2.96. The number of fused-ring (bicyclic) bond motifs is 1. The lowest BCUT2D eigenvalue weighted by atomic mass is 10.1. The molecule has 1 N–H and O–H groups in total. The van der Waals surface area contributed by atoms with Crippen LogP contribution in [0, 0.1) is 0 Å². The molecule has 8 nitrogen and oxygen atoms in total. The van der Waals surface area contributed by atoms with Gasteiger partial charge in [-0.05, 0) is 30.5 Å². The molecule has 2 fully saturated rings. The number of rotatable bonds is 7. The Labute approximate surface area is 216 Å². The Morgan fingerprint density at radius 2 is 1.86 bits per heavy atom. The van der Waals surface area contributed by atoms with Crippen molar-refractivity contribution in [3.63, 3.8) is 0 Å². The molecule has 1 saturated heterocycles. The van der Waals surface area contributed by atoms with E-state index in [1.54, 1.807) is 18.3 Å². The van der Waals surface area contributed by atoms with Crippen molar-refractivity contribution in [3.8, 4) is 22.8 Å². The Hall–Kier alpha value is -2.69. The average Bonchev–Trinajstić information content (AvgIpc) is 3.48. The summed E-state index contributed by atoms with van der Waals surface area (Å²) in [5.41, 5.74) is 1.23. The zero-order valence-electron chi connectivity index (χ0n) is 19.7. The van der Waals surface area contributed by atoms with E-state index >= 15 is 0 Å². The van der Waals surface area contributed by atoms with Gasteiger partial charge in [0.1, 0.15) is 17.3 Å². The first kappa shape index (κ1) is 25.0. The number of aromatic nitrogens is 3. The van der Waals surface area contributed by atoms with Crippen LogP contribution in [-0.4, -0.2) is 60.4 Å². The number of hydrogen-bond donors (Lipinski definition) is 1. The zero-order chi connectivity index (χ0) is 25.4. The predicted molar refractivity (Wildman–Crippen MR) is 134 cm³/mol. The number of anilines is 1. The van der Waals surface area contributed by atoms with Gasteiger partial charge in [0.25, 0.3) is 0 Å². The maximum atomic E-state index is 13.9. The van der Waals surface area contributed by atoms with Gasteiger partial charge < -0.3 is 34.8 Å². The molecule has 1 aliphatic carbocycles. The Kier molecular flexibility index (Phi) is 6.93. The molecule has 12 heteroatoms. The van der Waals surface area contributed by atoms with E-state index in [9.17, 15) is 8.78 Å². The van der Waals surface area contributed by atoms with Gasteiger partial charge in [0, 0.05) is 54.6 Å². The molecule has 1 aliphatic heterocycles. The third kappa shape index (κ3) is 4.94. The molecular weight excluding hydrogens is 515 g/mol. The number of methoxy groups -OCH3 is 2. The SMILES string of the molecule is COc1cc(OC)c(Cl)c(-c2cc3cnc([N-]C4CCOC4)nc3c(NC3CCC(F)(F)C3)n2)c1Cl. The van der Waals surface area contributed by atoms with E-state index in [2.05, 4.69) is 20.6 Å². The number of nitrogens with one attached hydrogen (secondary N) is 1. The highest BCUT2D eigenvalue weighted by Gasteiger charge is 2.39. The van der Waals surface area contributed by atoms with Crippen LogP contribution in [0.4, 0.5) is 20.5 Å². The van der Waals surface area contributed by atoms with Gasteiger partial charge in [-0.3, -0.25) is 0 Å². The molecular formula is C24H24Cl2F2N5O3-. The van der Waals surface area contributed by atoms with Crippen molar-refractivity contribution in [1.82, 2.24) is 15.0 Å². The molecule has 192 valence electrons. The monoisotopic (exact) mass is 538 g/mol. The predicted octanol–water partition coefficient (Wildman–Crippen LogP) is 6.41. The highest BCUT2D eigenvalue weighted by molar-refractivity contribution is 6.41. The fourth-order valence-corrected chi connectivity index (χ4v) is 5.18. The summed E-state index contributed by atoms with van der Waals surface area (Å²) in [5.74, 6) is -1.42. The van der Waals surface area contributed by atoms with Crippen molar-refractivity contribution in [1.29, 1.82) is 0 Å². The van der Waals surface area contributed by atoms with Crippen LogP contribution in [0.5, 0.6) is 11.5 Å². The second-order valence-corrected chi connectivity index (χ2v) is 9.59. The molecule has 3 heterocycles. The zero-order valence-corrected chi connectivity index (χ0v) is 21.2. The second-order valence-electron chi connectivity index (χ2n) is 8.83. The first-order valence-electron chi connectivity index (χ1n) is 11.5. The van der Waals surface area contributed by atoms with Crippen LogP contribution in [0.15, 0.2) is 18.3 Å². The maximum Gasteiger partial charge on any atom is 0.250 e. The molecule has 36 heavy (non-hydrogen) atoms. The summed E-state index contributed by atoms with van der Waals surface area (Å²) in [5, 5.41) is 8.82. The standard InChI is InChI=1S/C24H24Cl2F2N5O3/c1-34-16-8-17(35-2)20(26)18(19(16)25)15-7-12-10-29-23(31-14-4-6-36-11-14)33-21(12)22(32-15)30-13-3-5-24(27,28)9-13/h7-8,10,13-14H,3-6,9,11H2,1-2H3,(H-,29,30,31,32,33)/q-1. The second kappa shape index (κ2) is 9.99. The van der Waals surface area contributed by atoms with Crippen LogP contribution < -0.4 is 14.8 Å². The number of pyridine rings is 1. The van der Waals surface area contributed by atoms with E-state index in [-0.39, 0.29) is 34.9 Å². The van der Waals surface area contributed by atoms with Crippen molar-refractivity contribution in [2.75, 3.05) is 32.8 Å². The third-order valence-corrected chi connectivity index (χ3v) is 7.08. The highest BCUT2D eigenvalue weighted by atomic mass is 35.5. The molecule has 2 aromatic heterocycles. The lowest BCUT2D eigenvalue weighted by Crippen LogP contribution is -2.20. The Morgan fingerprint density at radius 1 is 1.11 bits per heavy atom. The number of benzene rings is 1. The first-order chi connectivity index (χ1) is 17.3. The molecule has 1 saturated carbocycles. The molecule has 0 bridgehead atoms. The molecule has 0 amide bonds. The van der Waals surface area contributed by atoms with E-state index in [4.69, 9.17) is 42.4 Å². The summed E-state index contributed by atoms with van der Waals surface area (Å²) in [6.45, 7) is 1.15.